The summed E-state index contributed by atoms with van der Waals surface area (Å²) in [5.74, 6) is -1.05. The van der Waals surface area contributed by atoms with Gasteiger partial charge in [-0.2, -0.15) is 23.4 Å². The SMILES string of the molecule is O=C(Nc1cnc(-c2cnn(C3CC3)c2)c(Cl)c1)c1cnn(-c2cccc3c(=O)[nH]ccc23)c1C(F)(F)F. The third-order valence-electron chi connectivity index (χ3n) is 6.20. The predicted octanol–water partition coefficient (Wildman–Crippen LogP) is 5.23. The fraction of sp³-hybridized carbons (Fsp3) is 0.160. The molecule has 0 atom stereocenters. The van der Waals surface area contributed by atoms with Crippen molar-refractivity contribution in [3.05, 3.63) is 87.9 Å². The second-order valence-electron chi connectivity index (χ2n) is 8.81. The van der Waals surface area contributed by atoms with Gasteiger partial charge in [-0.15, -0.1) is 0 Å². The van der Waals surface area contributed by atoms with E-state index in [9.17, 15) is 22.8 Å². The quantitative estimate of drug-likeness (QED) is 0.318. The molecule has 0 radical (unpaired) electrons. The Balaban J connectivity index is 1.34. The zero-order chi connectivity index (χ0) is 26.6. The molecule has 4 heterocycles. The van der Waals surface area contributed by atoms with Crippen LogP contribution in [-0.2, 0) is 6.18 Å². The molecule has 0 unspecified atom stereocenters. The molecule has 9 nitrogen and oxygen atoms in total. The number of H-pyrrole nitrogens is 1. The van der Waals surface area contributed by atoms with Gasteiger partial charge >= 0.3 is 6.18 Å². The van der Waals surface area contributed by atoms with Crippen LogP contribution in [0.25, 0.3) is 27.7 Å². The van der Waals surface area contributed by atoms with Gasteiger partial charge < -0.3 is 10.3 Å². The van der Waals surface area contributed by atoms with Gasteiger partial charge in [0.2, 0.25) is 0 Å². The summed E-state index contributed by atoms with van der Waals surface area (Å²) < 4.78 is 45.1. The number of nitrogens with one attached hydrogen (secondary N) is 2. The lowest BCUT2D eigenvalue weighted by molar-refractivity contribution is -0.143. The minimum Gasteiger partial charge on any atom is -0.329 e. The van der Waals surface area contributed by atoms with Gasteiger partial charge in [-0.1, -0.05) is 17.7 Å². The van der Waals surface area contributed by atoms with Crippen molar-refractivity contribution < 1.29 is 18.0 Å². The maximum atomic E-state index is 14.2. The Morgan fingerprint density at radius 3 is 2.66 bits per heavy atom. The first-order valence-corrected chi connectivity index (χ1v) is 11.9. The number of hydrogen-bond donors (Lipinski definition) is 2. The monoisotopic (exact) mass is 539 g/mol. The molecule has 13 heteroatoms. The Bertz CT molecular complexity index is 1770. The fourth-order valence-corrected chi connectivity index (χ4v) is 4.55. The Hall–Kier alpha value is -4.45. The van der Waals surface area contributed by atoms with Crippen LogP contribution in [0.3, 0.4) is 0 Å². The van der Waals surface area contributed by atoms with Crippen molar-refractivity contribution in [2.24, 2.45) is 0 Å². The molecule has 1 amide bonds. The van der Waals surface area contributed by atoms with E-state index in [4.69, 9.17) is 11.6 Å². The Morgan fingerprint density at radius 2 is 1.92 bits per heavy atom. The molecule has 192 valence electrons. The van der Waals surface area contributed by atoms with Crippen molar-refractivity contribution in [2.75, 3.05) is 5.32 Å². The van der Waals surface area contributed by atoms with Gasteiger partial charge in [-0.05, 0) is 37.1 Å². The third-order valence-corrected chi connectivity index (χ3v) is 6.49. The zero-order valence-corrected chi connectivity index (χ0v) is 20.1. The number of nitrogens with zero attached hydrogens (tertiary/aromatic N) is 5. The number of anilines is 1. The first-order valence-electron chi connectivity index (χ1n) is 11.5. The van der Waals surface area contributed by atoms with E-state index >= 15 is 0 Å². The lowest BCUT2D eigenvalue weighted by Crippen LogP contribution is -2.21. The summed E-state index contributed by atoms with van der Waals surface area (Å²) in [5, 5.41) is 11.2. The number of rotatable bonds is 5. The van der Waals surface area contributed by atoms with Crippen LogP contribution in [0.1, 0.15) is 34.9 Å². The molecule has 2 N–H and O–H groups in total. The maximum Gasteiger partial charge on any atom is 0.434 e. The van der Waals surface area contributed by atoms with Gasteiger partial charge in [-0.3, -0.25) is 19.3 Å². The topological polar surface area (TPSA) is 110 Å². The van der Waals surface area contributed by atoms with Crippen LogP contribution in [0.15, 0.2) is 66.1 Å². The van der Waals surface area contributed by atoms with Crippen LogP contribution in [0, 0.1) is 0 Å². The van der Waals surface area contributed by atoms with Gasteiger partial charge in [0.1, 0.15) is 0 Å². The van der Waals surface area contributed by atoms with E-state index in [0.29, 0.717) is 22.0 Å². The van der Waals surface area contributed by atoms with Crippen LogP contribution in [0.2, 0.25) is 5.02 Å². The van der Waals surface area contributed by atoms with Crippen molar-refractivity contribution >= 4 is 34.0 Å². The molecule has 1 aliphatic carbocycles. The molecule has 0 bridgehead atoms. The Labute approximate surface area is 216 Å². The van der Waals surface area contributed by atoms with Gasteiger partial charge in [0, 0.05) is 28.7 Å². The molecule has 4 aromatic heterocycles. The number of halogens is 4. The first kappa shape index (κ1) is 23.9. The van der Waals surface area contributed by atoms with Crippen molar-refractivity contribution in [3.8, 4) is 16.9 Å². The van der Waals surface area contributed by atoms with E-state index in [-0.39, 0.29) is 27.2 Å². The number of amides is 1. The van der Waals surface area contributed by atoms with Gasteiger partial charge in [0.15, 0.2) is 5.69 Å². The predicted molar refractivity (Wildman–Crippen MR) is 133 cm³/mol. The summed E-state index contributed by atoms with van der Waals surface area (Å²) in [6, 6.07) is 7.57. The normalized spacial score (nSPS) is 13.7. The van der Waals surface area contributed by atoms with Crippen molar-refractivity contribution in [1.82, 2.24) is 29.5 Å². The average Bonchev–Trinajstić information content (AvgIpc) is 3.42. The molecule has 6 rings (SSSR count). The molecule has 1 saturated carbocycles. The van der Waals surface area contributed by atoms with Crippen molar-refractivity contribution in [2.45, 2.75) is 25.1 Å². The first-order chi connectivity index (χ1) is 18.2. The Kier molecular flexibility index (Phi) is 5.56. The molecule has 0 spiro atoms. The summed E-state index contributed by atoms with van der Waals surface area (Å²) in [4.78, 5) is 31.9. The number of aromatic nitrogens is 6. The van der Waals surface area contributed by atoms with E-state index in [2.05, 4.69) is 25.5 Å². The summed E-state index contributed by atoms with van der Waals surface area (Å²) in [7, 11) is 0. The minimum atomic E-state index is -4.94. The summed E-state index contributed by atoms with van der Waals surface area (Å²) in [6.45, 7) is 0. The molecule has 1 aliphatic rings. The number of aromatic amines is 1. The maximum absolute atomic E-state index is 14.2. The molecule has 38 heavy (non-hydrogen) atoms. The van der Waals surface area contributed by atoms with Crippen molar-refractivity contribution in [3.63, 3.8) is 0 Å². The van der Waals surface area contributed by atoms with Gasteiger partial charge in [0.05, 0.1) is 52.3 Å². The van der Waals surface area contributed by atoms with Crippen molar-refractivity contribution in [1.29, 1.82) is 0 Å². The zero-order valence-electron chi connectivity index (χ0n) is 19.3. The van der Waals surface area contributed by atoms with Crippen LogP contribution in [-0.4, -0.2) is 35.4 Å². The van der Waals surface area contributed by atoms with Crippen LogP contribution in [0.4, 0.5) is 18.9 Å². The average molecular weight is 540 g/mol. The molecule has 1 fully saturated rings. The van der Waals surface area contributed by atoms with Crippen LogP contribution in [0.5, 0.6) is 0 Å². The highest BCUT2D eigenvalue weighted by Crippen LogP contribution is 2.37. The number of carbonyl (C=O) groups is 1. The molecule has 0 aliphatic heterocycles. The fourth-order valence-electron chi connectivity index (χ4n) is 4.28. The summed E-state index contributed by atoms with van der Waals surface area (Å²) in [5.41, 5.74) is -1.22. The van der Waals surface area contributed by atoms with E-state index in [1.807, 2.05) is 10.9 Å². The van der Waals surface area contributed by atoms with E-state index in [0.717, 1.165) is 19.0 Å². The number of benzene rings is 1. The molecule has 5 aromatic rings. The summed E-state index contributed by atoms with van der Waals surface area (Å²) >= 11 is 6.38. The van der Waals surface area contributed by atoms with E-state index < -0.39 is 28.9 Å². The highest BCUT2D eigenvalue weighted by molar-refractivity contribution is 6.33. The number of fused-ring (bicyclic) bond motifs is 1. The molecule has 1 aromatic carbocycles. The summed E-state index contributed by atoms with van der Waals surface area (Å²) in [6.07, 6.45) is 4.11. The number of pyridine rings is 2. The number of alkyl halides is 3. The lowest BCUT2D eigenvalue weighted by atomic mass is 10.1. The van der Waals surface area contributed by atoms with E-state index in [1.54, 1.807) is 6.20 Å². The van der Waals surface area contributed by atoms with Crippen LogP contribution < -0.4 is 10.9 Å². The number of hydrogen-bond acceptors (Lipinski definition) is 5. The lowest BCUT2D eigenvalue weighted by Gasteiger charge is -2.14. The number of carbonyl (C=O) groups excluding carboxylic acids is 1. The molecular weight excluding hydrogens is 523 g/mol. The van der Waals surface area contributed by atoms with E-state index in [1.165, 1.54) is 42.7 Å². The largest absolute Gasteiger partial charge is 0.434 e. The highest BCUT2D eigenvalue weighted by atomic mass is 35.5. The Morgan fingerprint density at radius 1 is 1.11 bits per heavy atom. The third kappa shape index (κ3) is 4.22. The van der Waals surface area contributed by atoms with Gasteiger partial charge in [0.25, 0.3) is 11.5 Å². The second-order valence-corrected chi connectivity index (χ2v) is 9.22. The second kappa shape index (κ2) is 8.84. The standard InChI is InChI=1S/C25H17ClF3N7O2/c26-19-8-14(10-31-21(19)13-9-32-35(12-13)15-4-5-15)34-24(38)18-11-33-36(22(18)25(27,28)29)20-3-1-2-17-16(20)6-7-30-23(17)37/h1-3,6-12,15H,4-5H2,(H,30,37)(H,34,38). The molecular formula is C25H17ClF3N7O2. The highest BCUT2D eigenvalue weighted by Gasteiger charge is 2.41. The van der Waals surface area contributed by atoms with Gasteiger partial charge in [-0.25, -0.2) is 4.68 Å². The van der Waals surface area contributed by atoms with Crippen LogP contribution >= 0.6 is 11.6 Å². The molecule has 0 saturated heterocycles. The smallest absolute Gasteiger partial charge is 0.329 e. The minimum absolute atomic E-state index is 0.000725.